The summed E-state index contributed by atoms with van der Waals surface area (Å²) >= 11 is 0. The molecule has 3 rings (SSSR count). The van der Waals surface area contributed by atoms with Crippen molar-refractivity contribution in [1.29, 1.82) is 0 Å². The van der Waals surface area contributed by atoms with Crippen LogP contribution in [0.2, 0.25) is 0 Å². The van der Waals surface area contributed by atoms with Gasteiger partial charge in [-0.15, -0.1) is 0 Å². The van der Waals surface area contributed by atoms with E-state index >= 15 is 0 Å². The summed E-state index contributed by atoms with van der Waals surface area (Å²) in [4.78, 5) is 20.8. The molecule has 2 N–H and O–H groups in total. The fourth-order valence-corrected chi connectivity index (χ4v) is 2.74. The summed E-state index contributed by atoms with van der Waals surface area (Å²) in [5.41, 5.74) is -0.244. The van der Waals surface area contributed by atoms with Crippen LogP contribution < -0.4 is 15.6 Å². The Balaban J connectivity index is 1.57. The minimum Gasteiger partial charge on any atom is -0.489 e. The largest absolute Gasteiger partial charge is 0.489 e. The number of aromatic nitrogens is 2. The Bertz CT molecular complexity index is 498. The minimum atomic E-state index is -0.244. The molecular weight excluding hydrogens is 244 g/mol. The Hall–Kier alpha value is -1.56. The molecule has 104 valence electrons. The SMILES string of the molecule is COc1c(NCC2CCN(C3CC3)C2)nc[nH]c1=O. The number of nitrogens with one attached hydrogen (secondary N) is 2. The number of methoxy groups -OCH3 is 1. The Morgan fingerprint density at radius 2 is 2.37 bits per heavy atom. The first kappa shape index (κ1) is 12.5. The number of aromatic amines is 1. The molecule has 0 radical (unpaired) electrons. The zero-order valence-electron chi connectivity index (χ0n) is 11.2. The zero-order chi connectivity index (χ0) is 13.2. The highest BCUT2D eigenvalue weighted by Gasteiger charge is 2.34. The number of hydrogen-bond donors (Lipinski definition) is 2. The Morgan fingerprint density at radius 1 is 1.53 bits per heavy atom. The summed E-state index contributed by atoms with van der Waals surface area (Å²) in [6.07, 6.45) is 5.35. The molecule has 1 aliphatic carbocycles. The predicted molar refractivity (Wildman–Crippen MR) is 72.6 cm³/mol. The lowest BCUT2D eigenvalue weighted by molar-refractivity contribution is 0.316. The lowest BCUT2D eigenvalue weighted by Gasteiger charge is -2.15. The molecule has 6 heteroatoms. The normalized spacial score (nSPS) is 23.5. The molecular formula is C13H20N4O2. The van der Waals surface area contributed by atoms with Crippen molar-refractivity contribution in [3.63, 3.8) is 0 Å². The van der Waals surface area contributed by atoms with Crippen LogP contribution in [0.3, 0.4) is 0 Å². The van der Waals surface area contributed by atoms with E-state index < -0.39 is 0 Å². The van der Waals surface area contributed by atoms with Gasteiger partial charge in [0.2, 0.25) is 5.75 Å². The third-order valence-corrected chi connectivity index (χ3v) is 3.95. The van der Waals surface area contributed by atoms with Gasteiger partial charge in [0.25, 0.3) is 5.56 Å². The number of nitrogens with zero attached hydrogens (tertiary/aromatic N) is 2. The summed E-state index contributed by atoms with van der Waals surface area (Å²) in [6, 6.07) is 0.845. The smallest absolute Gasteiger partial charge is 0.295 e. The summed E-state index contributed by atoms with van der Waals surface area (Å²) in [6.45, 7) is 3.20. The number of ether oxygens (including phenoxy) is 1. The highest BCUT2D eigenvalue weighted by molar-refractivity contribution is 5.47. The van der Waals surface area contributed by atoms with Crippen molar-refractivity contribution in [2.24, 2.45) is 5.92 Å². The Kier molecular flexibility index (Phi) is 3.42. The van der Waals surface area contributed by atoms with E-state index in [2.05, 4.69) is 20.2 Å². The number of anilines is 1. The molecule has 6 nitrogen and oxygen atoms in total. The molecule has 2 fully saturated rings. The lowest BCUT2D eigenvalue weighted by Crippen LogP contribution is -2.25. The lowest BCUT2D eigenvalue weighted by atomic mass is 10.1. The second-order valence-electron chi connectivity index (χ2n) is 5.38. The van der Waals surface area contributed by atoms with E-state index in [1.165, 1.54) is 39.2 Å². The van der Waals surface area contributed by atoms with Crippen molar-refractivity contribution >= 4 is 5.82 Å². The van der Waals surface area contributed by atoms with Gasteiger partial charge in [0.15, 0.2) is 5.82 Å². The highest BCUT2D eigenvalue weighted by atomic mass is 16.5. The topological polar surface area (TPSA) is 70.2 Å². The van der Waals surface area contributed by atoms with Gasteiger partial charge in [-0.25, -0.2) is 4.98 Å². The average Bonchev–Trinajstić information content (AvgIpc) is 3.16. The summed E-state index contributed by atoms with van der Waals surface area (Å²) in [7, 11) is 1.49. The van der Waals surface area contributed by atoms with Crippen LogP contribution in [0.25, 0.3) is 0 Å². The van der Waals surface area contributed by atoms with Crippen molar-refractivity contribution in [2.75, 3.05) is 32.1 Å². The first-order chi connectivity index (χ1) is 9.28. The fourth-order valence-electron chi connectivity index (χ4n) is 2.74. The third-order valence-electron chi connectivity index (χ3n) is 3.95. The zero-order valence-corrected chi connectivity index (χ0v) is 11.2. The molecule has 2 heterocycles. The molecule has 1 unspecified atom stereocenters. The van der Waals surface area contributed by atoms with E-state index in [9.17, 15) is 4.79 Å². The summed E-state index contributed by atoms with van der Waals surface area (Å²) < 4.78 is 5.08. The second-order valence-corrected chi connectivity index (χ2v) is 5.38. The van der Waals surface area contributed by atoms with Gasteiger partial charge in [0, 0.05) is 19.1 Å². The van der Waals surface area contributed by atoms with Crippen LogP contribution >= 0.6 is 0 Å². The standard InChI is InChI=1S/C13H20N4O2/c1-19-11-12(15-8-16-13(11)18)14-6-9-4-5-17(7-9)10-2-3-10/h8-10H,2-7H2,1H3,(H2,14,15,16,18). The first-order valence-electron chi connectivity index (χ1n) is 6.87. The molecule has 1 aromatic rings. The third kappa shape index (κ3) is 2.73. The molecule has 1 saturated heterocycles. The maximum Gasteiger partial charge on any atom is 0.295 e. The van der Waals surface area contributed by atoms with Crippen molar-refractivity contribution in [1.82, 2.24) is 14.9 Å². The fraction of sp³-hybridized carbons (Fsp3) is 0.692. The van der Waals surface area contributed by atoms with Crippen molar-refractivity contribution in [2.45, 2.75) is 25.3 Å². The molecule has 1 aromatic heterocycles. The number of likely N-dealkylation sites (tertiary alicyclic amines) is 1. The van der Waals surface area contributed by atoms with Gasteiger partial charge in [-0.3, -0.25) is 4.79 Å². The first-order valence-corrected chi connectivity index (χ1v) is 6.87. The van der Waals surface area contributed by atoms with Crippen LogP contribution in [0.15, 0.2) is 11.1 Å². The monoisotopic (exact) mass is 264 g/mol. The quantitative estimate of drug-likeness (QED) is 0.818. The second kappa shape index (κ2) is 5.21. The van der Waals surface area contributed by atoms with Gasteiger partial charge >= 0.3 is 0 Å². The van der Waals surface area contributed by atoms with E-state index in [4.69, 9.17) is 4.74 Å². The van der Waals surface area contributed by atoms with Crippen molar-refractivity contribution < 1.29 is 4.74 Å². The average molecular weight is 264 g/mol. The van der Waals surface area contributed by atoms with Crippen LogP contribution in [-0.2, 0) is 0 Å². The van der Waals surface area contributed by atoms with Crippen LogP contribution in [0.1, 0.15) is 19.3 Å². The molecule has 0 amide bonds. The van der Waals surface area contributed by atoms with E-state index in [1.807, 2.05) is 0 Å². The molecule has 0 bridgehead atoms. The number of H-pyrrole nitrogens is 1. The Morgan fingerprint density at radius 3 is 3.11 bits per heavy atom. The minimum absolute atomic E-state index is 0.244. The van der Waals surface area contributed by atoms with E-state index in [0.717, 1.165) is 19.1 Å². The van der Waals surface area contributed by atoms with Gasteiger partial charge < -0.3 is 19.9 Å². The maximum absolute atomic E-state index is 11.5. The van der Waals surface area contributed by atoms with E-state index in [-0.39, 0.29) is 11.3 Å². The van der Waals surface area contributed by atoms with Gasteiger partial charge in [0.05, 0.1) is 13.4 Å². The van der Waals surface area contributed by atoms with Gasteiger partial charge in [0.1, 0.15) is 0 Å². The molecule has 1 aliphatic heterocycles. The van der Waals surface area contributed by atoms with Crippen molar-refractivity contribution in [3.05, 3.63) is 16.7 Å². The van der Waals surface area contributed by atoms with Crippen LogP contribution in [0.5, 0.6) is 5.75 Å². The molecule has 2 aliphatic rings. The van der Waals surface area contributed by atoms with E-state index in [1.54, 1.807) is 0 Å². The molecule has 1 saturated carbocycles. The van der Waals surface area contributed by atoms with Crippen molar-refractivity contribution in [3.8, 4) is 5.75 Å². The van der Waals surface area contributed by atoms with Gasteiger partial charge in [-0.1, -0.05) is 0 Å². The number of hydrogen-bond acceptors (Lipinski definition) is 5. The maximum atomic E-state index is 11.5. The van der Waals surface area contributed by atoms with E-state index in [0.29, 0.717) is 11.7 Å². The summed E-state index contributed by atoms with van der Waals surface area (Å²) in [5.74, 6) is 1.43. The predicted octanol–water partition coefficient (Wildman–Crippen LogP) is 0.675. The highest BCUT2D eigenvalue weighted by Crippen LogP contribution is 2.31. The van der Waals surface area contributed by atoms with Crippen LogP contribution in [0, 0.1) is 5.92 Å². The van der Waals surface area contributed by atoms with Crippen LogP contribution in [-0.4, -0.2) is 47.7 Å². The molecule has 0 aromatic carbocycles. The van der Waals surface area contributed by atoms with Gasteiger partial charge in [-0.2, -0.15) is 0 Å². The number of rotatable bonds is 5. The Labute approximate surface area is 112 Å². The van der Waals surface area contributed by atoms with Crippen LogP contribution in [0.4, 0.5) is 5.82 Å². The summed E-state index contributed by atoms with van der Waals surface area (Å²) in [5, 5.41) is 3.24. The molecule has 0 spiro atoms. The van der Waals surface area contributed by atoms with Gasteiger partial charge in [-0.05, 0) is 31.7 Å². The molecule has 19 heavy (non-hydrogen) atoms. The molecule has 1 atom stereocenters.